The molecule has 1 atom stereocenters. The average Bonchev–Trinajstić information content (AvgIpc) is 2.37. The first-order valence-electron chi connectivity index (χ1n) is 6.00. The summed E-state index contributed by atoms with van der Waals surface area (Å²) in [5, 5.41) is 8.96. The topological polar surface area (TPSA) is 63.6 Å². The molecule has 0 heterocycles. The van der Waals surface area contributed by atoms with Crippen molar-refractivity contribution >= 4 is 11.8 Å². The Morgan fingerprint density at radius 3 is 2.50 bits per heavy atom. The number of carbonyl (C=O) groups is 2. The summed E-state index contributed by atoms with van der Waals surface area (Å²) in [6.45, 7) is 1.70. The zero-order valence-corrected chi connectivity index (χ0v) is 10.5. The van der Waals surface area contributed by atoms with Crippen molar-refractivity contribution in [2.45, 2.75) is 32.3 Å². The van der Waals surface area contributed by atoms with Gasteiger partial charge in [-0.2, -0.15) is 0 Å². The molecule has 0 bridgehead atoms. The number of aliphatic hydroxyl groups is 1. The third-order valence-electron chi connectivity index (χ3n) is 2.54. The predicted molar refractivity (Wildman–Crippen MR) is 67.0 cm³/mol. The summed E-state index contributed by atoms with van der Waals surface area (Å²) in [5.74, 6) is -0.741. The van der Waals surface area contributed by atoms with Gasteiger partial charge in [-0.05, 0) is 12.5 Å². The number of carbonyl (C=O) groups excluding carboxylic acids is 2. The molecule has 1 N–H and O–H groups in total. The zero-order valence-electron chi connectivity index (χ0n) is 10.5. The van der Waals surface area contributed by atoms with Crippen LogP contribution >= 0.6 is 0 Å². The van der Waals surface area contributed by atoms with E-state index in [-0.39, 0.29) is 18.6 Å². The van der Waals surface area contributed by atoms with Crippen LogP contribution in [-0.4, -0.2) is 29.6 Å². The number of Topliss-reactive ketones (excluding diaryl/α,β-unsaturated/α-hetero) is 1. The normalized spacial score (nSPS) is 11.9. The minimum atomic E-state index is -1.01. The fourth-order valence-electron chi connectivity index (χ4n) is 1.43. The van der Waals surface area contributed by atoms with E-state index < -0.39 is 12.1 Å². The highest BCUT2D eigenvalue weighted by Crippen LogP contribution is 2.02. The molecular formula is C14H18O4. The predicted octanol–water partition coefficient (Wildman–Crippen LogP) is 1.50. The molecule has 0 saturated heterocycles. The van der Waals surface area contributed by atoms with E-state index in [9.17, 15) is 9.59 Å². The summed E-state index contributed by atoms with van der Waals surface area (Å²) in [6, 6.07) is 9.71. The molecule has 1 unspecified atom stereocenters. The lowest BCUT2D eigenvalue weighted by molar-refractivity contribution is -0.145. The highest BCUT2D eigenvalue weighted by molar-refractivity contribution is 5.85. The van der Waals surface area contributed by atoms with Gasteiger partial charge in [-0.15, -0.1) is 0 Å². The maximum Gasteiger partial charge on any atom is 0.306 e. The Labute approximate surface area is 107 Å². The zero-order chi connectivity index (χ0) is 13.4. The van der Waals surface area contributed by atoms with Crippen molar-refractivity contribution in [3.05, 3.63) is 35.9 Å². The molecule has 4 nitrogen and oxygen atoms in total. The van der Waals surface area contributed by atoms with Crippen LogP contribution in [0.5, 0.6) is 0 Å². The third-order valence-corrected chi connectivity index (χ3v) is 2.54. The summed E-state index contributed by atoms with van der Waals surface area (Å²) in [5.41, 5.74) is 1.10. The quantitative estimate of drug-likeness (QED) is 0.745. The Balaban J connectivity index is 2.16. The number of rotatable bonds is 7. The van der Waals surface area contributed by atoms with Crippen LogP contribution in [0.2, 0.25) is 0 Å². The van der Waals surface area contributed by atoms with Gasteiger partial charge in [-0.25, -0.2) is 0 Å². The molecule has 1 rings (SSSR count). The molecule has 0 aliphatic rings. The minimum absolute atomic E-state index is 0.0263. The number of benzene rings is 1. The van der Waals surface area contributed by atoms with Crippen LogP contribution in [0.3, 0.4) is 0 Å². The van der Waals surface area contributed by atoms with E-state index in [1.807, 2.05) is 30.3 Å². The van der Waals surface area contributed by atoms with Crippen molar-refractivity contribution < 1.29 is 19.4 Å². The Bertz CT molecular complexity index is 384. The SMILES string of the molecule is CC(O)C(=O)CCC(=O)OCCc1ccccc1. The molecule has 0 aliphatic heterocycles. The van der Waals surface area contributed by atoms with Gasteiger partial charge in [0.15, 0.2) is 5.78 Å². The van der Waals surface area contributed by atoms with Crippen LogP contribution in [0.15, 0.2) is 30.3 Å². The smallest absolute Gasteiger partial charge is 0.306 e. The first-order chi connectivity index (χ1) is 8.59. The van der Waals surface area contributed by atoms with Crippen LogP contribution in [-0.2, 0) is 20.7 Å². The number of esters is 1. The number of ketones is 1. The van der Waals surface area contributed by atoms with Crippen molar-refractivity contribution in [2.75, 3.05) is 6.61 Å². The molecule has 0 radical (unpaired) electrons. The molecular weight excluding hydrogens is 232 g/mol. The van der Waals surface area contributed by atoms with E-state index in [0.29, 0.717) is 13.0 Å². The molecule has 0 saturated carbocycles. The lowest BCUT2D eigenvalue weighted by Gasteiger charge is -2.05. The fraction of sp³-hybridized carbons (Fsp3) is 0.429. The Morgan fingerprint density at radius 1 is 1.22 bits per heavy atom. The second kappa shape index (κ2) is 7.61. The summed E-state index contributed by atoms with van der Waals surface area (Å²) in [6.07, 6.45) is -0.292. The summed E-state index contributed by atoms with van der Waals surface area (Å²) in [7, 11) is 0. The second-order valence-electron chi connectivity index (χ2n) is 4.10. The Hall–Kier alpha value is -1.68. The number of ether oxygens (including phenoxy) is 1. The Morgan fingerprint density at radius 2 is 1.89 bits per heavy atom. The minimum Gasteiger partial charge on any atom is -0.465 e. The maximum absolute atomic E-state index is 11.3. The molecule has 1 aromatic carbocycles. The molecule has 0 spiro atoms. The summed E-state index contributed by atoms with van der Waals surface area (Å²) >= 11 is 0. The highest BCUT2D eigenvalue weighted by Gasteiger charge is 2.12. The first kappa shape index (κ1) is 14.4. The van der Waals surface area contributed by atoms with E-state index in [1.165, 1.54) is 6.92 Å². The number of hydrogen-bond acceptors (Lipinski definition) is 4. The molecule has 1 aromatic rings. The molecule has 18 heavy (non-hydrogen) atoms. The standard InChI is InChI=1S/C14H18O4/c1-11(15)13(16)7-8-14(17)18-10-9-12-5-3-2-4-6-12/h2-6,11,15H,7-10H2,1H3. The van der Waals surface area contributed by atoms with Gasteiger partial charge >= 0.3 is 5.97 Å². The number of hydrogen-bond donors (Lipinski definition) is 1. The van der Waals surface area contributed by atoms with Crippen molar-refractivity contribution in [3.8, 4) is 0 Å². The highest BCUT2D eigenvalue weighted by atomic mass is 16.5. The molecule has 98 valence electrons. The molecule has 0 aliphatic carbocycles. The van der Waals surface area contributed by atoms with E-state index in [1.54, 1.807) is 0 Å². The van der Waals surface area contributed by atoms with E-state index in [4.69, 9.17) is 9.84 Å². The maximum atomic E-state index is 11.3. The van der Waals surface area contributed by atoms with Gasteiger partial charge in [-0.3, -0.25) is 9.59 Å². The summed E-state index contributed by atoms with van der Waals surface area (Å²) in [4.78, 5) is 22.4. The van der Waals surface area contributed by atoms with Gasteiger partial charge in [-0.1, -0.05) is 30.3 Å². The van der Waals surface area contributed by atoms with Crippen LogP contribution in [0.1, 0.15) is 25.3 Å². The summed E-state index contributed by atoms with van der Waals surface area (Å²) < 4.78 is 5.00. The van der Waals surface area contributed by atoms with Crippen molar-refractivity contribution in [1.82, 2.24) is 0 Å². The molecule has 4 heteroatoms. The van der Waals surface area contributed by atoms with Gasteiger partial charge < -0.3 is 9.84 Å². The molecule has 0 fully saturated rings. The first-order valence-corrected chi connectivity index (χ1v) is 6.00. The fourth-order valence-corrected chi connectivity index (χ4v) is 1.43. The van der Waals surface area contributed by atoms with Gasteiger partial charge in [0, 0.05) is 12.8 Å². The number of aliphatic hydroxyl groups excluding tert-OH is 1. The van der Waals surface area contributed by atoms with Crippen LogP contribution in [0.4, 0.5) is 0 Å². The average molecular weight is 250 g/mol. The lowest BCUT2D eigenvalue weighted by atomic mass is 10.1. The van der Waals surface area contributed by atoms with Crippen molar-refractivity contribution in [1.29, 1.82) is 0 Å². The van der Waals surface area contributed by atoms with Crippen LogP contribution in [0.25, 0.3) is 0 Å². The van der Waals surface area contributed by atoms with E-state index >= 15 is 0 Å². The van der Waals surface area contributed by atoms with E-state index in [2.05, 4.69) is 0 Å². The van der Waals surface area contributed by atoms with Gasteiger partial charge in [0.25, 0.3) is 0 Å². The van der Waals surface area contributed by atoms with Crippen molar-refractivity contribution in [3.63, 3.8) is 0 Å². The van der Waals surface area contributed by atoms with E-state index in [0.717, 1.165) is 5.56 Å². The van der Waals surface area contributed by atoms with Crippen molar-refractivity contribution in [2.24, 2.45) is 0 Å². The largest absolute Gasteiger partial charge is 0.465 e. The van der Waals surface area contributed by atoms with Crippen LogP contribution in [0, 0.1) is 0 Å². The lowest BCUT2D eigenvalue weighted by Crippen LogP contribution is -2.18. The van der Waals surface area contributed by atoms with Crippen LogP contribution < -0.4 is 0 Å². The molecule has 0 aromatic heterocycles. The van der Waals surface area contributed by atoms with Gasteiger partial charge in [0.05, 0.1) is 13.0 Å². The second-order valence-corrected chi connectivity index (χ2v) is 4.10. The third kappa shape index (κ3) is 5.59. The Kier molecular flexibility index (Phi) is 6.08. The van der Waals surface area contributed by atoms with Gasteiger partial charge in [0.1, 0.15) is 6.10 Å². The van der Waals surface area contributed by atoms with Gasteiger partial charge in [0.2, 0.25) is 0 Å². The monoisotopic (exact) mass is 250 g/mol. The molecule has 0 amide bonds.